The third kappa shape index (κ3) is 5.35. The number of hydrogen-bond acceptors (Lipinski definition) is 6. The second-order valence-electron chi connectivity index (χ2n) is 8.88. The average molecular weight is 487 g/mol. The fourth-order valence-electron chi connectivity index (χ4n) is 4.82. The van der Waals surface area contributed by atoms with Crippen molar-refractivity contribution in [3.63, 3.8) is 0 Å². The molecule has 180 valence electrons. The number of Topliss-reactive ketones (excluding diaryl/α,β-unsaturated/α-hetero) is 1. The molecule has 0 bridgehead atoms. The molecule has 1 aliphatic carbocycles. The number of anilines is 1. The molecule has 0 spiro atoms. The summed E-state index contributed by atoms with van der Waals surface area (Å²) in [4.78, 5) is 13.2. The number of hydrogen-bond donors (Lipinski definition) is 1. The van der Waals surface area contributed by atoms with Gasteiger partial charge in [-0.1, -0.05) is 79.6 Å². The van der Waals surface area contributed by atoms with Crippen LogP contribution in [0.3, 0.4) is 0 Å². The number of methoxy groups -OCH3 is 1. The van der Waals surface area contributed by atoms with E-state index in [1.165, 1.54) is 31.0 Å². The van der Waals surface area contributed by atoms with Crippen LogP contribution in [0.4, 0.5) is 5.69 Å². The molecular formula is C28H30N4O2S. The Kier molecular flexibility index (Phi) is 7.33. The minimum Gasteiger partial charge on any atom is -0.497 e. The van der Waals surface area contributed by atoms with E-state index in [0.29, 0.717) is 18.3 Å². The SMILES string of the molecule is COc1cccc(NCc2nnc(SCC(=O)c3cccc4ccccc34)n2C2CCCCC2)c1. The number of rotatable bonds is 9. The van der Waals surface area contributed by atoms with E-state index in [1.54, 1.807) is 7.11 Å². The van der Waals surface area contributed by atoms with Gasteiger partial charge in [0.25, 0.3) is 0 Å². The van der Waals surface area contributed by atoms with Crippen molar-refractivity contribution in [3.05, 3.63) is 78.1 Å². The summed E-state index contributed by atoms with van der Waals surface area (Å²) < 4.78 is 7.61. The highest BCUT2D eigenvalue weighted by atomic mass is 32.2. The Balaban J connectivity index is 1.35. The molecule has 0 unspecified atom stereocenters. The summed E-state index contributed by atoms with van der Waals surface area (Å²) in [6, 6.07) is 22.2. The highest BCUT2D eigenvalue weighted by Gasteiger charge is 2.24. The Morgan fingerprint density at radius 3 is 2.69 bits per heavy atom. The summed E-state index contributed by atoms with van der Waals surface area (Å²) in [6.45, 7) is 0.564. The Morgan fingerprint density at radius 1 is 1.03 bits per heavy atom. The van der Waals surface area contributed by atoms with E-state index in [4.69, 9.17) is 4.74 Å². The molecule has 5 rings (SSSR count). The van der Waals surface area contributed by atoms with E-state index < -0.39 is 0 Å². The summed E-state index contributed by atoms with van der Waals surface area (Å²) in [6.07, 6.45) is 5.94. The summed E-state index contributed by atoms with van der Waals surface area (Å²) in [5, 5.41) is 15.4. The number of nitrogens with one attached hydrogen (secondary N) is 1. The maximum absolute atomic E-state index is 13.2. The van der Waals surface area contributed by atoms with Crippen molar-refractivity contribution in [1.82, 2.24) is 14.8 Å². The molecule has 4 aromatic rings. The number of fused-ring (bicyclic) bond motifs is 1. The molecule has 1 aromatic heterocycles. The topological polar surface area (TPSA) is 69.0 Å². The van der Waals surface area contributed by atoms with Gasteiger partial charge in [-0.2, -0.15) is 0 Å². The molecule has 1 heterocycles. The summed E-state index contributed by atoms with van der Waals surface area (Å²) in [5.41, 5.74) is 1.74. The van der Waals surface area contributed by atoms with Crippen molar-refractivity contribution >= 4 is 34.0 Å². The van der Waals surface area contributed by atoms with Crippen LogP contribution in [-0.2, 0) is 6.54 Å². The first-order chi connectivity index (χ1) is 17.2. The maximum atomic E-state index is 13.2. The molecule has 6 nitrogen and oxygen atoms in total. The van der Waals surface area contributed by atoms with Crippen LogP contribution >= 0.6 is 11.8 Å². The van der Waals surface area contributed by atoms with Crippen LogP contribution in [0.15, 0.2) is 71.9 Å². The smallest absolute Gasteiger partial charge is 0.191 e. The second kappa shape index (κ2) is 11.0. The predicted molar refractivity (Wildman–Crippen MR) is 141 cm³/mol. The zero-order chi connectivity index (χ0) is 24.0. The lowest BCUT2D eigenvalue weighted by Crippen LogP contribution is -2.18. The first-order valence-corrected chi connectivity index (χ1v) is 13.2. The number of thioether (sulfide) groups is 1. The van der Waals surface area contributed by atoms with Gasteiger partial charge in [0.05, 0.1) is 19.4 Å². The lowest BCUT2D eigenvalue weighted by molar-refractivity contribution is 0.102. The first-order valence-electron chi connectivity index (χ1n) is 12.2. The molecule has 0 radical (unpaired) electrons. The lowest BCUT2D eigenvalue weighted by atomic mass is 9.95. The molecule has 0 atom stereocenters. The van der Waals surface area contributed by atoms with Crippen LogP contribution in [0.25, 0.3) is 10.8 Å². The van der Waals surface area contributed by atoms with Crippen LogP contribution in [0.1, 0.15) is 54.3 Å². The summed E-state index contributed by atoms with van der Waals surface area (Å²) in [7, 11) is 1.67. The van der Waals surface area contributed by atoms with Crippen LogP contribution < -0.4 is 10.1 Å². The van der Waals surface area contributed by atoms with E-state index in [1.807, 2.05) is 66.7 Å². The molecule has 0 aliphatic heterocycles. The van der Waals surface area contributed by atoms with Gasteiger partial charge in [0.1, 0.15) is 5.75 Å². The molecule has 1 saturated carbocycles. The zero-order valence-electron chi connectivity index (χ0n) is 19.9. The highest BCUT2D eigenvalue weighted by Crippen LogP contribution is 2.33. The predicted octanol–water partition coefficient (Wildman–Crippen LogP) is 6.53. The standard InChI is InChI=1S/C28H30N4O2S/c1-34-23-14-8-11-21(17-23)29-18-27-30-31-28(32(27)22-12-3-2-4-13-22)35-19-26(33)25-16-7-10-20-9-5-6-15-24(20)25/h5-11,14-17,22,29H,2-4,12-13,18-19H2,1H3. The largest absolute Gasteiger partial charge is 0.497 e. The fourth-order valence-corrected chi connectivity index (χ4v) is 5.73. The molecular weight excluding hydrogens is 456 g/mol. The number of benzene rings is 3. The first kappa shape index (κ1) is 23.4. The fraction of sp³-hybridized carbons (Fsp3) is 0.321. The molecule has 1 fully saturated rings. The van der Waals surface area contributed by atoms with Crippen LogP contribution in [0.5, 0.6) is 5.75 Å². The van der Waals surface area contributed by atoms with Gasteiger partial charge in [0, 0.05) is 23.4 Å². The van der Waals surface area contributed by atoms with Gasteiger partial charge >= 0.3 is 0 Å². The van der Waals surface area contributed by atoms with Crippen molar-refractivity contribution in [2.75, 3.05) is 18.2 Å². The molecule has 1 N–H and O–H groups in total. The van der Waals surface area contributed by atoms with E-state index in [9.17, 15) is 4.79 Å². The van der Waals surface area contributed by atoms with Crippen molar-refractivity contribution < 1.29 is 9.53 Å². The number of nitrogens with zero attached hydrogens (tertiary/aromatic N) is 3. The van der Waals surface area contributed by atoms with Gasteiger partial charge in [-0.15, -0.1) is 10.2 Å². The zero-order valence-corrected chi connectivity index (χ0v) is 20.8. The van der Waals surface area contributed by atoms with E-state index in [-0.39, 0.29) is 5.78 Å². The van der Waals surface area contributed by atoms with Gasteiger partial charge in [-0.25, -0.2) is 0 Å². The molecule has 0 amide bonds. The van der Waals surface area contributed by atoms with E-state index in [2.05, 4.69) is 20.1 Å². The summed E-state index contributed by atoms with van der Waals surface area (Å²) >= 11 is 1.49. The van der Waals surface area contributed by atoms with E-state index >= 15 is 0 Å². The number of ether oxygens (including phenoxy) is 1. The van der Waals surface area contributed by atoms with Crippen molar-refractivity contribution in [2.24, 2.45) is 0 Å². The Labute approximate surface area is 210 Å². The molecule has 0 saturated heterocycles. The number of carbonyl (C=O) groups excluding carboxylic acids is 1. The van der Waals surface area contributed by atoms with Crippen molar-refractivity contribution in [2.45, 2.75) is 49.8 Å². The maximum Gasteiger partial charge on any atom is 0.191 e. The Morgan fingerprint density at radius 2 is 1.83 bits per heavy atom. The lowest BCUT2D eigenvalue weighted by Gasteiger charge is -2.25. The van der Waals surface area contributed by atoms with Gasteiger partial charge in [-0.3, -0.25) is 4.79 Å². The van der Waals surface area contributed by atoms with Crippen LogP contribution in [-0.4, -0.2) is 33.4 Å². The van der Waals surface area contributed by atoms with Gasteiger partial charge in [0.2, 0.25) is 0 Å². The van der Waals surface area contributed by atoms with Crippen molar-refractivity contribution in [3.8, 4) is 5.75 Å². The van der Waals surface area contributed by atoms with Crippen LogP contribution in [0, 0.1) is 0 Å². The van der Waals surface area contributed by atoms with Gasteiger partial charge < -0.3 is 14.6 Å². The highest BCUT2D eigenvalue weighted by molar-refractivity contribution is 7.99. The van der Waals surface area contributed by atoms with E-state index in [0.717, 1.165) is 51.6 Å². The van der Waals surface area contributed by atoms with Gasteiger partial charge in [0.15, 0.2) is 16.8 Å². The number of carbonyl (C=O) groups is 1. The molecule has 1 aliphatic rings. The summed E-state index contributed by atoms with van der Waals surface area (Å²) in [5.74, 6) is 2.16. The molecule has 7 heteroatoms. The van der Waals surface area contributed by atoms with Crippen molar-refractivity contribution in [1.29, 1.82) is 0 Å². The minimum absolute atomic E-state index is 0.112. The quantitative estimate of drug-likeness (QED) is 0.214. The third-order valence-electron chi connectivity index (χ3n) is 6.62. The normalized spacial score (nSPS) is 14.2. The average Bonchev–Trinajstić information content (AvgIpc) is 3.33. The number of ketones is 1. The number of aromatic nitrogens is 3. The third-order valence-corrected chi connectivity index (χ3v) is 7.56. The van der Waals surface area contributed by atoms with Gasteiger partial charge in [-0.05, 0) is 35.7 Å². The monoisotopic (exact) mass is 486 g/mol. The molecule has 3 aromatic carbocycles. The molecule has 35 heavy (non-hydrogen) atoms. The second-order valence-corrected chi connectivity index (χ2v) is 9.83. The van der Waals surface area contributed by atoms with Crippen LogP contribution in [0.2, 0.25) is 0 Å². The Bertz CT molecular complexity index is 1310. The Hall–Kier alpha value is -3.32. The minimum atomic E-state index is 0.112.